The van der Waals surface area contributed by atoms with E-state index < -0.39 is 0 Å². The van der Waals surface area contributed by atoms with Crippen molar-refractivity contribution in [3.8, 4) is 0 Å². The fourth-order valence-corrected chi connectivity index (χ4v) is 3.60. The molecule has 0 aliphatic rings. The van der Waals surface area contributed by atoms with E-state index in [1.165, 1.54) is 11.1 Å². The summed E-state index contributed by atoms with van der Waals surface area (Å²) in [4.78, 5) is 0. The third kappa shape index (κ3) is 4.11. The van der Waals surface area contributed by atoms with Crippen molar-refractivity contribution >= 4 is 0 Å². The molecule has 1 aromatic rings. The summed E-state index contributed by atoms with van der Waals surface area (Å²) in [5.41, 5.74) is 15.6. The predicted molar refractivity (Wildman–Crippen MR) is 97.7 cm³/mol. The van der Waals surface area contributed by atoms with Crippen molar-refractivity contribution in [3.63, 3.8) is 0 Å². The zero-order valence-electron chi connectivity index (χ0n) is 15.3. The van der Waals surface area contributed by atoms with Gasteiger partial charge < -0.3 is 11.5 Å². The molecule has 0 aromatic heterocycles. The minimum absolute atomic E-state index is 0.219. The van der Waals surface area contributed by atoms with E-state index in [1.54, 1.807) is 0 Å². The molecule has 22 heavy (non-hydrogen) atoms. The van der Waals surface area contributed by atoms with Crippen molar-refractivity contribution < 1.29 is 0 Å². The van der Waals surface area contributed by atoms with Crippen LogP contribution < -0.4 is 11.5 Å². The van der Waals surface area contributed by atoms with Crippen molar-refractivity contribution in [3.05, 3.63) is 35.4 Å². The molecule has 0 fully saturated rings. The zero-order valence-corrected chi connectivity index (χ0v) is 15.3. The van der Waals surface area contributed by atoms with Crippen molar-refractivity contribution in [2.24, 2.45) is 17.4 Å². The molecule has 126 valence electrons. The Labute approximate surface area is 137 Å². The van der Waals surface area contributed by atoms with Gasteiger partial charge in [0.25, 0.3) is 0 Å². The lowest BCUT2D eigenvalue weighted by molar-refractivity contribution is 0.290. The van der Waals surface area contributed by atoms with Crippen LogP contribution >= 0.6 is 0 Å². The van der Waals surface area contributed by atoms with Gasteiger partial charge in [-0.05, 0) is 36.3 Å². The summed E-state index contributed by atoms with van der Waals surface area (Å²) in [5.74, 6) is 0.409. The summed E-state index contributed by atoms with van der Waals surface area (Å²) in [6.45, 7) is 11.1. The molecule has 0 aliphatic heterocycles. The van der Waals surface area contributed by atoms with Crippen LogP contribution in [0.15, 0.2) is 24.3 Å². The molecule has 1 aromatic carbocycles. The quantitative estimate of drug-likeness (QED) is 0.670. The summed E-state index contributed by atoms with van der Waals surface area (Å²) in [6.07, 6.45) is 6.36. The first-order valence-corrected chi connectivity index (χ1v) is 9.02. The SMILES string of the molecule is CCCC(N)(CCC)c1cccc(C(N)(CCC)C(C)C)c1. The minimum Gasteiger partial charge on any atom is -0.321 e. The highest BCUT2D eigenvalue weighted by atomic mass is 14.8. The Morgan fingerprint density at radius 1 is 0.864 bits per heavy atom. The highest BCUT2D eigenvalue weighted by molar-refractivity contribution is 5.34. The lowest BCUT2D eigenvalue weighted by Crippen LogP contribution is -2.43. The Morgan fingerprint density at radius 2 is 1.36 bits per heavy atom. The van der Waals surface area contributed by atoms with Crippen LogP contribution in [-0.2, 0) is 11.1 Å². The molecule has 4 N–H and O–H groups in total. The average molecular weight is 305 g/mol. The third-order valence-corrected chi connectivity index (χ3v) is 5.06. The molecule has 0 spiro atoms. The summed E-state index contributed by atoms with van der Waals surface area (Å²) < 4.78 is 0. The van der Waals surface area contributed by atoms with E-state index in [4.69, 9.17) is 11.5 Å². The molecule has 1 unspecified atom stereocenters. The largest absolute Gasteiger partial charge is 0.321 e. The molecule has 0 amide bonds. The van der Waals surface area contributed by atoms with Gasteiger partial charge in [0, 0.05) is 11.1 Å². The van der Waals surface area contributed by atoms with Crippen molar-refractivity contribution in [2.45, 2.75) is 84.2 Å². The molecular weight excluding hydrogens is 268 g/mol. The lowest BCUT2D eigenvalue weighted by atomic mass is 9.75. The Balaban J connectivity index is 3.27. The molecule has 0 aliphatic carbocycles. The van der Waals surface area contributed by atoms with Gasteiger partial charge in [0.15, 0.2) is 0 Å². The lowest BCUT2D eigenvalue weighted by Gasteiger charge is -2.36. The summed E-state index contributed by atoms with van der Waals surface area (Å²) in [7, 11) is 0. The maximum absolute atomic E-state index is 6.79. The highest BCUT2D eigenvalue weighted by Crippen LogP contribution is 2.35. The van der Waals surface area contributed by atoms with Gasteiger partial charge >= 0.3 is 0 Å². The molecule has 2 heteroatoms. The molecule has 0 radical (unpaired) electrons. The molecule has 1 rings (SSSR count). The number of rotatable bonds is 9. The first-order chi connectivity index (χ1) is 10.3. The van der Waals surface area contributed by atoms with E-state index in [-0.39, 0.29) is 11.1 Å². The number of benzene rings is 1. The second kappa shape index (κ2) is 8.12. The van der Waals surface area contributed by atoms with Crippen LogP contribution in [0, 0.1) is 5.92 Å². The van der Waals surface area contributed by atoms with E-state index in [9.17, 15) is 0 Å². The van der Waals surface area contributed by atoms with Crippen LogP contribution in [-0.4, -0.2) is 0 Å². The number of hydrogen-bond donors (Lipinski definition) is 2. The fraction of sp³-hybridized carbons (Fsp3) is 0.700. The molecule has 2 nitrogen and oxygen atoms in total. The molecular formula is C20H36N2. The van der Waals surface area contributed by atoms with Crippen LogP contribution in [0.5, 0.6) is 0 Å². The van der Waals surface area contributed by atoms with Crippen molar-refractivity contribution in [2.75, 3.05) is 0 Å². The van der Waals surface area contributed by atoms with Gasteiger partial charge in [0.1, 0.15) is 0 Å². The van der Waals surface area contributed by atoms with Gasteiger partial charge in [-0.1, -0.05) is 78.1 Å². The van der Waals surface area contributed by atoms with Crippen LogP contribution in [0.1, 0.15) is 84.3 Å². The van der Waals surface area contributed by atoms with Gasteiger partial charge in [0.05, 0.1) is 0 Å². The van der Waals surface area contributed by atoms with Crippen LogP contribution in [0.2, 0.25) is 0 Å². The maximum Gasteiger partial charge on any atom is 0.0432 e. The van der Waals surface area contributed by atoms with Gasteiger partial charge in [0.2, 0.25) is 0 Å². The predicted octanol–water partition coefficient (Wildman–Crippen LogP) is 5.05. The van der Waals surface area contributed by atoms with Crippen LogP contribution in [0.4, 0.5) is 0 Å². The second-order valence-electron chi connectivity index (χ2n) is 7.18. The topological polar surface area (TPSA) is 52.0 Å². The Morgan fingerprint density at radius 3 is 1.82 bits per heavy atom. The zero-order chi connectivity index (χ0) is 16.8. The van der Waals surface area contributed by atoms with E-state index in [1.807, 2.05) is 0 Å². The minimum atomic E-state index is -0.260. The summed E-state index contributed by atoms with van der Waals surface area (Å²) >= 11 is 0. The summed E-state index contributed by atoms with van der Waals surface area (Å²) in [5, 5.41) is 0. The third-order valence-electron chi connectivity index (χ3n) is 5.06. The first-order valence-electron chi connectivity index (χ1n) is 9.02. The van der Waals surface area contributed by atoms with Crippen molar-refractivity contribution in [1.82, 2.24) is 0 Å². The van der Waals surface area contributed by atoms with Gasteiger partial charge in [-0.25, -0.2) is 0 Å². The van der Waals surface area contributed by atoms with Gasteiger partial charge in [-0.2, -0.15) is 0 Å². The van der Waals surface area contributed by atoms with E-state index in [0.29, 0.717) is 5.92 Å². The van der Waals surface area contributed by atoms with Crippen molar-refractivity contribution in [1.29, 1.82) is 0 Å². The van der Waals surface area contributed by atoms with Gasteiger partial charge in [-0.3, -0.25) is 0 Å². The van der Waals surface area contributed by atoms with E-state index in [0.717, 1.165) is 38.5 Å². The standard InChI is InChI=1S/C20H36N2/c1-6-12-19(21,13-7-2)17-10-9-11-18(15-17)20(22,14-8-3)16(4)5/h9-11,15-16H,6-8,12-14,21-22H2,1-5H3. The number of hydrogen-bond acceptors (Lipinski definition) is 2. The Bertz CT molecular complexity index is 447. The van der Waals surface area contributed by atoms with Crippen LogP contribution in [0.3, 0.4) is 0 Å². The van der Waals surface area contributed by atoms with Crippen LogP contribution in [0.25, 0.3) is 0 Å². The number of nitrogens with two attached hydrogens (primary N) is 2. The normalized spacial score (nSPS) is 15.1. The van der Waals surface area contributed by atoms with E-state index in [2.05, 4.69) is 58.9 Å². The second-order valence-corrected chi connectivity index (χ2v) is 7.18. The molecule has 0 heterocycles. The maximum atomic E-state index is 6.79. The fourth-order valence-electron chi connectivity index (χ4n) is 3.60. The monoisotopic (exact) mass is 304 g/mol. The molecule has 0 saturated heterocycles. The first kappa shape index (κ1) is 19.2. The highest BCUT2D eigenvalue weighted by Gasteiger charge is 2.32. The van der Waals surface area contributed by atoms with Gasteiger partial charge in [-0.15, -0.1) is 0 Å². The van der Waals surface area contributed by atoms with E-state index >= 15 is 0 Å². The summed E-state index contributed by atoms with van der Waals surface area (Å²) in [6, 6.07) is 8.78. The Hall–Kier alpha value is -0.860. The smallest absolute Gasteiger partial charge is 0.0432 e. The molecule has 1 atom stereocenters. The molecule has 0 saturated carbocycles. The molecule has 0 bridgehead atoms. The average Bonchev–Trinajstić information content (AvgIpc) is 2.48. The Kier molecular flexibility index (Phi) is 7.08.